The summed E-state index contributed by atoms with van der Waals surface area (Å²) in [6.45, 7) is 0. The Labute approximate surface area is 274 Å². The van der Waals surface area contributed by atoms with Gasteiger partial charge >= 0.3 is 0 Å². The molecule has 0 spiro atoms. The van der Waals surface area contributed by atoms with Gasteiger partial charge in [-0.1, -0.05) is 115 Å². The molecule has 1 N–H and O–H groups in total. The Balaban J connectivity index is 1.19. The average Bonchev–Trinajstić information content (AvgIpc) is 3.82. The molecule has 9 aromatic rings. The van der Waals surface area contributed by atoms with Gasteiger partial charge in [-0.05, 0) is 57.3 Å². The molecule has 2 aromatic heterocycles. The Bertz CT molecular complexity index is 2750. The summed E-state index contributed by atoms with van der Waals surface area (Å²) in [4.78, 5) is 10.8. The van der Waals surface area contributed by atoms with Crippen LogP contribution in [0.25, 0.3) is 76.9 Å². The topological polar surface area (TPSA) is 63.0 Å². The number of rotatable bonds is 3. The molecule has 0 atom stereocenters. The molecule has 7 aromatic carbocycles. The number of benzene rings is 7. The molecule has 5 heteroatoms. The van der Waals surface area contributed by atoms with Gasteiger partial charge in [0, 0.05) is 38.2 Å². The van der Waals surface area contributed by atoms with Crippen LogP contribution in [0.1, 0.15) is 22.9 Å². The minimum absolute atomic E-state index is 0.502. The van der Waals surface area contributed by atoms with Crippen molar-refractivity contribution in [3.63, 3.8) is 0 Å². The van der Waals surface area contributed by atoms with Crippen LogP contribution in [0.4, 0.5) is 0 Å². The highest BCUT2D eigenvalue weighted by atomic mass is 16.3. The molecular formula is C43H25N3O2. The summed E-state index contributed by atoms with van der Waals surface area (Å²) < 4.78 is 12.6. The quantitative estimate of drug-likeness (QED) is 0.215. The fourth-order valence-corrected chi connectivity index (χ4v) is 7.89. The molecule has 3 heterocycles. The van der Waals surface area contributed by atoms with Gasteiger partial charge in [0.2, 0.25) is 0 Å². The highest BCUT2D eigenvalue weighted by Gasteiger charge is 2.30. The van der Waals surface area contributed by atoms with Gasteiger partial charge in [-0.2, -0.15) is 0 Å². The van der Waals surface area contributed by atoms with Gasteiger partial charge in [-0.25, -0.2) is 9.98 Å². The van der Waals surface area contributed by atoms with Crippen LogP contribution < -0.4 is 5.32 Å². The van der Waals surface area contributed by atoms with E-state index in [1.54, 1.807) is 0 Å². The predicted octanol–water partition coefficient (Wildman–Crippen LogP) is 10.8. The van der Waals surface area contributed by atoms with Crippen molar-refractivity contribution in [1.82, 2.24) is 5.32 Å². The second kappa shape index (κ2) is 9.53. The summed E-state index contributed by atoms with van der Waals surface area (Å²) >= 11 is 0. The highest BCUT2D eigenvalue weighted by molar-refractivity contribution is 6.27. The molecule has 0 saturated heterocycles. The van der Waals surface area contributed by atoms with Crippen molar-refractivity contribution in [3.8, 4) is 22.3 Å². The van der Waals surface area contributed by atoms with E-state index in [0.717, 1.165) is 72.2 Å². The monoisotopic (exact) mass is 615 g/mol. The highest BCUT2D eigenvalue weighted by Crippen LogP contribution is 2.50. The number of nitrogens with zero attached hydrogens (tertiary/aromatic N) is 2. The molecule has 5 nitrogen and oxygen atoms in total. The Hall–Kier alpha value is -6.46. The van der Waals surface area contributed by atoms with E-state index in [9.17, 15) is 0 Å². The average molecular weight is 616 g/mol. The number of amidine groups is 2. The first-order valence-corrected chi connectivity index (χ1v) is 16.2. The number of hydrogen-bond donors (Lipinski definition) is 1. The standard InChI is InChI=1S/C43H25N3O2/c1-3-20-33-27(12-1)39-31(18-8-22-35(39)47-33)42-44-41(30-17-7-15-26-25-14-5-10-24-11-6-16-29(37(24)25)38(26)30)45-43(46-42)32-19-9-23-36-40(32)28-13-2-4-21-34(28)48-36/h1-23,41H,(H,44,45,46). The number of nitrogens with one attached hydrogen (secondary N) is 1. The number of para-hydroxylation sites is 2. The summed E-state index contributed by atoms with van der Waals surface area (Å²) in [5.74, 6) is 1.50. The van der Waals surface area contributed by atoms with Gasteiger partial charge in [0.05, 0.1) is 0 Å². The van der Waals surface area contributed by atoms with Crippen LogP contribution in [-0.4, -0.2) is 11.7 Å². The number of hydrogen-bond acceptors (Lipinski definition) is 5. The van der Waals surface area contributed by atoms with Gasteiger partial charge < -0.3 is 14.2 Å². The number of furan rings is 2. The third kappa shape index (κ3) is 3.50. The molecule has 224 valence electrons. The van der Waals surface area contributed by atoms with E-state index in [1.165, 1.54) is 33.0 Å². The predicted molar refractivity (Wildman–Crippen MR) is 195 cm³/mol. The van der Waals surface area contributed by atoms with Crippen LogP contribution >= 0.6 is 0 Å². The SMILES string of the molecule is c1cc2c(c(C3N=C(c4cccc5oc6ccccc6c45)NC(c4cccc5oc6ccccc6c45)=N3)c1)-c1cccc3cccc-2c13. The van der Waals surface area contributed by atoms with Crippen molar-refractivity contribution in [2.45, 2.75) is 6.17 Å². The van der Waals surface area contributed by atoms with Crippen LogP contribution in [0, 0.1) is 0 Å². The lowest BCUT2D eigenvalue weighted by Crippen LogP contribution is -2.36. The second-order valence-corrected chi connectivity index (χ2v) is 12.5. The third-order valence-corrected chi connectivity index (χ3v) is 9.89. The molecular weight excluding hydrogens is 590 g/mol. The van der Waals surface area contributed by atoms with Crippen molar-refractivity contribution < 1.29 is 8.83 Å². The maximum absolute atomic E-state index is 6.31. The zero-order chi connectivity index (χ0) is 31.3. The zero-order valence-corrected chi connectivity index (χ0v) is 25.6. The Morgan fingerprint density at radius 2 is 0.917 bits per heavy atom. The number of aliphatic imine (C=N–C) groups is 2. The lowest BCUT2D eigenvalue weighted by molar-refractivity contribution is 0.668. The summed E-state index contributed by atoms with van der Waals surface area (Å²) in [6, 6.07) is 48.4. The molecule has 0 unspecified atom stereocenters. The fourth-order valence-electron chi connectivity index (χ4n) is 7.89. The minimum atomic E-state index is -0.502. The Kier molecular flexibility index (Phi) is 5.10. The van der Waals surface area contributed by atoms with E-state index in [1.807, 2.05) is 48.5 Å². The third-order valence-electron chi connectivity index (χ3n) is 9.89. The molecule has 1 aliphatic carbocycles. The number of fused-ring (bicyclic) bond motifs is 9. The van der Waals surface area contributed by atoms with Crippen molar-refractivity contribution in [1.29, 1.82) is 0 Å². The fraction of sp³-hybridized carbons (Fsp3) is 0.0233. The normalized spacial score (nSPS) is 14.2. The van der Waals surface area contributed by atoms with Crippen molar-refractivity contribution in [3.05, 3.63) is 156 Å². The summed E-state index contributed by atoms with van der Waals surface area (Å²) in [6.07, 6.45) is -0.502. The van der Waals surface area contributed by atoms with Gasteiger partial charge in [0.25, 0.3) is 0 Å². The van der Waals surface area contributed by atoms with E-state index < -0.39 is 6.17 Å². The van der Waals surface area contributed by atoms with Crippen LogP contribution in [0.2, 0.25) is 0 Å². The van der Waals surface area contributed by atoms with Gasteiger partial charge in [0.15, 0.2) is 6.17 Å². The van der Waals surface area contributed by atoms with Crippen molar-refractivity contribution in [2.75, 3.05) is 0 Å². The summed E-state index contributed by atoms with van der Waals surface area (Å²) in [5, 5.41) is 10.4. The molecule has 0 saturated carbocycles. The molecule has 48 heavy (non-hydrogen) atoms. The van der Waals surface area contributed by atoms with Gasteiger partial charge in [0.1, 0.15) is 34.0 Å². The molecule has 11 rings (SSSR count). The molecule has 2 aliphatic rings. The first-order valence-electron chi connectivity index (χ1n) is 16.2. The van der Waals surface area contributed by atoms with Gasteiger partial charge in [-0.3, -0.25) is 0 Å². The molecule has 0 radical (unpaired) electrons. The van der Waals surface area contributed by atoms with Crippen LogP contribution in [0.15, 0.2) is 158 Å². The largest absolute Gasteiger partial charge is 0.456 e. The summed E-state index contributed by atoms with van der Waals surface area (Å²) in [5.41, 5.74) is 11.3. The lowest BCUT2D eigenvalue weighted by Gasteiger charge is -2.24. The maximum atomic E-state index is 6.31. The second-order valence-electron chi connectivity index (χ2n) is 12.5. The van der Waals surface area contributed by atoms with E-state index in [0.29, 0.717) is 0 Å². The van der Waals surface area contributed by atoms with Crippen LogP contribution in [0.3, 0.4) is 0 Å². The first-order chi connectivity index (χ1) is 23.8. The minimum Gasteiger partial charge on any atom is -0.456 e. The molecule has 0 amide bonds. The molecule has 1 aliphatic heterocycles. The van der Waals surface area contributed by atoms with E-state index in [4.69, 9.17) is 18.8 Å². The van der Waals surface area contributed by atoms with E-state index in [2.05, 4.69) is 96.3 Å². The van der Waals surface area contributed by atoms with Crippen molar-refractivity contribution >= 4 is 66.3 Å². The van der Waals surface area contributed by atoms with E-state index >= 15 is 0 Å². The smallest absolute Gasteiger partial charge is 0.170 e. The lowest BCUT2D eigenvalue weighted by atomic mass is 9.96. The van der Waals surface area contributed by atoms with Crippen LogP contribution in [-0.2, 0) is 0 Å². The van der Waals surface area contributed by atoms with Gasteiger partial charge in [-0.15, -0.1) is 0 Å². The zero-order valence-electron chi connectivity index (χ0n) is 25.6. The Morgan fingerprint density at radius 3 is 1.56 bits per heavy atom. The van der Waals surface area contributed by atoms with Crippen molar-refractivity contribution in [2.24, 2.45) is 9.98 Å². The summed E-state index contributed by atoms with van der Waals surface area (Å²) in [7, 11) is 0. The van der Waals surface area contributed by atoms with Crippen LogP contribution in [0.5, 0.6) is 0 Å². The molecule has 0 fully saturated rings. The van der Waals surface area contributed by atoms with E-state index in [-0.39, 0.29) is 0 Å². The maximum Gasteiger partial charge on any atom is 0.170 e. The molecule has 0 bridgehead atoms. The Morgan fingerprint density at radius 1 is 0.417 bits per heavy atom. The first kappa shape index (κ1) is 25.7.